The maximum absolute atomic E-state index is 3.52. The molecule has 0 amide bonds. The first-order valence-electron chi connectivity index (χ1n) is 6.59. The van der Waals surface area contributed by atoms with Crippen molar-refractivity contribution in [2.24, 2.45) is 0 Å². The minimum atomic E-state index is 0. The van der Waals surface area contributed by atoms with Gasteiger partial charge in [0.15, 0.2) is 0 Å². The number of hydrogen-bond donors (Lipinski definition) is 0. The molecule has 3 heteroatoms. The van der Waals surface area contributed by atoms with Crippen molar-refractivity contribution in [3.05, 3.63) is 48.5 Å². The lowest BCUT2D eigenvalue weighted by Gasteiger charge is -2.32. The van der Waals surface area contributed by atoms with E-state index in [1.54, 1.807) is 0 Å². The van der Waals surface area contributed by atoms with E-state index in [4.69, 9.17) is 0 Å². The van der Waals surface area contributed by atoms with Gasteiger partial charge in [-0.2, -0.15) is 0 Å². The molecule has 1 aliphatic heterocycles. The zero-order chi connectivity index (χ0) is 13.1. The van der Waals surface area contributed by atoms with E-state index in [9.17, 15) is 0 Å². The van der Waals surface area contributed by atoms with Gasteiger partial charge in [-0.05, 0) is 37.1 Å². The summed E-state index contributed by atoms with van der Waals surface area (Å²) in [7, 11) is 0. The molecule has 2 aromatic rings. The predicted octanol–water partition coefficient (Wildman–Crippen LogP) is 6.10. The summed E-state index contributed by atoms with van der Waals surface area (Å²) in [6, 6.07) is 17.4. The smallest absolute Gasteiger partial charge is 0.0552 e. The van der Waals surface area contributed by atoms with Crippen LogP contribution in [0.1, 0.15) is 20.3 Å². The van der Waals surface area contributed by atoms with Crippen molar-refractivity contribution in [2.45, 2.75) is 30.1 Å². The van der Waals surface area contributed by atoms with Gasteiger partial charge >= 0.3 is 0 Å². The summed E-state index contributed by atoms with van der Waals surface area (Å²) in [5, 5.41) is 1.08. The van der Waals surface area contributed by atoms with Crippen LogP contribution < -0.4 is 4.90 Å². The van der Waals surface area contributed by atoms with Gasteiger partial charge in [0.2, 0.25) is 0 Å². The number of halogens is 1. The summed E-state index contributed by atoms with van der Waals surface area (Å²) in [4.78, 5) is 5.18. The lowest BCUT2D eigenvalue weighted by atomic mass is 10.2. The largest absolute Gasteiger partial charge is 0.340 e. The molecule has 0 spiro atoms. The van der Waals surface area contributed by atoms with Gasteiger partial charge in [-0.3, -0.25) is 0 Å². The van der Waals surface area contributed by atoms with Gasteiger partial charge in [0.1, 0.15) is 0 Å². The molecular weight excluding hydrogens is 330 g/mol. The highest BCUT2D eigenvalue weighted by Gasteiger charge is 2.21. The zero-order valence-corrected chi connectivity index (χ0v) is 13.1. The molecule has 0 unspecified atom stereocenters. The third-order valence-corrected chi connectivity index (χ3v) is 4.99. The molecule has 0 fully saturated rings. The second-order valence-electron chi connectivity index (χ2n) is 4.59. The molecule has 0 atom stereocenters. The quantitative estimate of drug-likeness (QED) is 0.484. The Bertz CT molecular complexity index is 525. The molecule has 1 heterocycles. The molecule has 20 heavy (non-hydrogen) atoms. The lowest BCUT2D eigenvalue weighted by molar-refractivity contribution is 0.785. The normalized spacial score (nSPS) is 12.3. The number of benzene rings is 2. The Kier molecular flexibility index (Phi) is 5.55. The van der Waals surface area contributed by atoms with Crippen LogP contribution in [-0.2, 0) is 0 Å². The number of anilines is 2. The second kappa shape index (κ2) is 7.19. The van der Waals surface area contributed by atoms with E-state index in [1.165, 1.54) is 34.0 Å². The van der Waals surface area contributed by atoms with Gasteiger partial charge in [0.25, 0.3) is 0 Å². The zero-order valence-electron chi connectivity index (χ0n) is 10.7. The third-order valence-electron chi connectivity index (χ3n) is 3.30. The molecular formula is C17H20BrNS. The fourth-order valence-electron chi connectivity index (χ4n) is 2.39. The molecule has 0 saturated heterocycles. The summed E-state index contributed by atoms with van der Waals surface area (Å²) in [6.45, 7) is 1.08. The Morgan fingerprint density at radius 3 is 1.95 bits per heavy atom. The summed E-state index contributed by atoms with van der Waals surface area (Å²) < 4.78 is 0. The van der Waals surface area contributed by atoms with Gasteiger partial charge < -0.3 is 4.90 Å². The number of rotatable bonds is 4. The number of nitrogens with zero attached hydrogens (tertiary/aromatic N) is 1. The van der Waals surface area contributed by atoms with E-state index in [2.05, 4.69) is 69.4 Å². The summed E-state index contributed by atoms with van der Waals surface area (Å²) in [5.41, 5.74) is 2.70. The van der Waals surface area contributed by atoms with Gasteiger partial charge in [-0.25, -0.2) is 0 Å². The van der Waals surface area contributed by atoms with E-state index in [0.717, 1.165) is 11.9 Å². The van der Waals surface area contributed by atoms with Crippen LogP contribution in [-0.4, -0.2) is 11.9 Å². The molecule has 2 aromatic carbocycles. The van der Waals surface area contributed by atoms with Crippen molar-refractivity contribution in [1.29, 1.82) is 0 Å². The van der Waals surface area contributed by atoms with E-state index >= 15 is 0 Å². The van der Waals surface area contributed by atoms with Crippen LogP contribution >= 0.6 is 27.7 Å². The maximum Gasteiger partial charge on any atom is 0.0552 e. The van der Waals surface area contributed by atoms with Crippen molar-refractivity contribution >= 4 is 39.1 Å². The van der Waals surface area contributed by atoms with Crippen molar-refractivity contribution in [3.63, 3.8) is 0 Å². The predicted molar refractivity (Wildman–Crippen MR) is 93.8 cm³/mol. The highest BCUT2D eigenvalue weighted by Crippen LogP contribution is 2.47. The van der Waals surface area contributed by atoms with Crippen LogP contribution in [0, 0.1) is 0 Å². The molecule has 0 N–H and O–H groups in total. The first-order chi connectivity index (χ1) is 9.40. The Hall–Kier alpha value is -0.930. The molecule has 3 rings (SSSR count). The Morgan fingerprint density at radius 2 is 1.40 bits per heavy atom. The SMILES string of the molecule is BrCCCCN1c2ccccc2Sc2ccccc21.C. The van der Waals surface area contributed by atoms with Crippen LogP contribution in [0.2, 0.25) is 0 Å². The van der Waals surface area contributed by atoms with Crippen LogP contribution in [0.15, 0.2) is 58.3 Å². The van der Waals surface area contributed by atoms with Crippen molar-refractivity contribution in [3.8, 4) is 0 Å². The number of para-hydroxylation sites is 2. The minimum absolute atomic E-state index is 0. The fourth-order valence-corrected chi connectivity index (χ4v) is 3.88. The van der Waals surface area contributed by atoms with Gasteiger partial charge in [-0.15, -0.1) is 0 Å². The Labute approximate surface area is 134 Å². The molecule has 1 nitrogen and oxygen atoms in total. The highest BCUT2D eigenvalue weighted by molar-refractivity contribution is 9.09. The second-order valence-corrected chi connectivity index (χ2v) is 6.46. The molecule has 1 aliphatic rings. The molecule has 0 radical (unpaired) electrons. The molecule has 0 bridgehead atoms. The topological polar surface area (TPSA) is 3.24 Å². The first-order valence-corrected chi connectivity index (χ1v) is 8.53. The maximum atomic E-state index is 3.52. The average molecular weight is 350 g/mol. The molecule has 0 saturated carbocycles. The Morgan fingerprint density at radius 1 is 0.850 bits per heavy atom. The average Bonchev–Trinajstić information content (AvgIpc) is 2.46. The van der Waals surface area contributed by atoms with Gasteiger partial charge in [-0.1, -0.05) is 59.4 Å². The number of fused-ring (bicyclic) bond motifs is 2. The fraction of sp³-hybridized carbons (Fsp3) is 0.294. The van der Waals surface area contributed by atoms with E-state index < -0.39 is 0 Å². The summed E-state index contributed by atoms with van der Waals surface area (Å²) in [6.07, 6.45) is 2.42. The lowest BCUT2D eigenvalue weighted by Crippen LogP contribution is -2.21. The van der Waals surface area contributed by atoms with E-state index in [-0.39, 0.29) is 7.43 Å². The monoisotopic (exact) mass is 349 g/mol. The van der Waals surface area contributed by atoms with Crippen LogP contribution in [0.3, 0.4) is 0 Å². The van der Waals surface area contributed by atoms with Crippen LogP contribution in [0.25, 0.3) is 0 Å². The summed E-state index contributed by atoms with van der Waals surface area (Å²) in [5.74, 6) is 0. The van der Waals surface area contributed by atoms with Gasteiger partial charge in [0.05, 0.1) is 11.4 Å². The van der Waals surface area contributed by atoms with Crippen molar-refractivity contribution in [2.75, 3.05) is 16.8 Å². The van der Waals surface area contributed by atoms with Crippen LogP contribution in [0.4, 0.5) is 11.4 Å². The third kappa shape index (κ3) is 3.04. The van der Waals surface area contributed by atoms with E-state index in [0.29, 0.717) is 0 Å². The molecule has 0 aliphatic carbocycles. The number of unbranched alkanes of at least 4 members (excludes halogenated alkanes) is 1. The minimum Gasteiger partial charge on any atom is -0.340 e. The molecule has 106 valence electrons. The number of hydrogen-bond acceptors (Lipinski definition) is 2. The van der Waals surface area contributed by atoms with Gasteiger partial charge in [0, 0.05) is 21.7 Å². The van der Waals surface area contributed by atoms with Crippen molar-refractivity contribution < 1.29 is 0 Å². The Balaban J connectivity index is 0.00000147. The van der Waals surface area contributed by atoms with E-state index in [1.807, 2.05) is 11.8 Å². The van der Waals surface area contributed by atoms with Crippen molar-refractivity contribution in [1.82, 2.24) is 0 Å². The number of alkyl halides is 1. The van der Waals surface area contributed by atoms with Crippen LogP contribution in [0.5, 0.6) is 0 Å². The highest BCUT2D eigenvalue weighted by atomic mass is 79.9. The molecule has 0 aromatic heterocycles. The standard InChI is InChI=1S/C16H16BrNS.CH4/c17-11-5-6-12-18-13-7-1-3-9-15(13)19-16-10-4-2-8-14(16)18;/h1-4,7-10H,5-6,11-12H2;1H4. The summed E-state index contributed by atoms with van der Waals surface area (Å²) >= 11 is 5.39. The first kappa shape index (κ1) is 15.5.